The summed E-state index contributed by atoms with van der Waals surface area (Å²) in [6, 6.07) is 16.0. The Morgan fingerprint density at radius 1 is 1.13 bits per heavy atom. The summed E-state index contributed by atoms with van der Waals surface area (Å²) in [4.78, 5) is 15.0. The summed E-state index contributed by atoms with van der Waals surface area (Å²) >= 11 is 6.77. The van der Waals surface area contributed by atoms with Gasteiger partial charge in [0.15, 0.2) is 4.32 Å². The molecule has 1 aliphatic rings. The lowest BCUT2D eigenvalue weighted by atomic mass is 10.1. The van der Waals surface area contributed by atoms with E-state index in [1.54, 1.807) is 4.90 Å². The standard InChI is InChI=1S/C19H17NOS2/c1-3-14-8-10-16(11-9-14)20-18(21)17(23-19(20)22)12-15-7-5-4-6-13(15)2/h4-12H,3H2,1-2H3/b17-12-. The molecule has 0 bridgehead atoms. The van der Waals surface area contributed by atoms with E-state index in [0.717, 1.165) is 23.2 Å². The number of amides is 1. The molecular formula is C19H17NOS2. The normalized spacial score (nSPS) is 16.4. The summed E-state index contributed by atoms with van der Waals surface area (Å²) in [7, 11) is 0. The highest BCUT2D eigenvalue weighted by Crippen LogP contribution is 2.36. The number of aryl methyl sites for hydroxylation is 2. The van der Waals surface area contributed by atoms with Crippen LogP contribution in [0.3, 0.4) is 0 Å². The van der Waals surface area contributed by atoms with Crippen molar-refractivity contribution >= 4 is 46.0 Å². The van der Waals surface area contributed by atoms with Gasteiger partial charge in [0.25, 0.3) is 5.91 Å². The van der Waals surface area contributed by atoms with Crippen LogP contribution in [0.2, 0.25) is 0 Å². The molecule has 1 aliphatic heterocycles. The van der Waals surface area contributed by atoms with E-state index in [0.29, 0.717) is 9.23 Å². The van der Waals surface area contributed by atoms with Gasteiger partial charge in [-0.3, -0.25) is 9.69 Å². The summed E-state index contributed by atoms with van der Waals surface area (Å²) < 4.78 is 0.582. The van der Waals surface area contributed by atoms with Crippen molar-refractivity contribution in [3.05, 3.63) is 70.1 Å². The van der Waals surface area contributed by atoms with Crippen molar-refractivity contribution in [2.75, 3.05) is 4.90 Å². The molecule has 0 saturated carbocycles. The molecule has 4 heteroatoms. The summed E-state index contributed by atoms with van der Waals surface area (Å²) in [5.74, 6) is -0.0486. The molecule has 0 radical (unpaired) electrons. The van der Waals surface area contributed by atoms with Gasteiger partial charge in [-0.25, -0.2) is 0 Å². The molecule has 2 aromatic rings. The van der Waals surface area contributed by atoms with Crippen molar-refractivity contribution in [1.29, 1.82) is 0 Å². The smallest absolute Gasteiger partial charge is 0.268 e. The van der Waals surface area contributed by atoms with E-state index in [2.05, 4.69) is 6.92 Å². The summed E-state index contributed by atoms with van der Waals surface area (Å²) in [5.41, 5.74) is 4.27. The summed E-state index contributed by atoms with van der Waals surface area (Å²) in [6.45, 7) is 4.15. The van der Waals surface area contributed by atoms with Gasteiger partial charge < -0.3 is 0 Å². The predicted molar refractivity (Wildman–Crippen MR) is 103 cm³/mol. The van der Waals surface area contributed by atoms with Crippen LogP contribution in [0.1, 0.15) is 23.6 Å². The molecule has 0 N–H and O–H groups in total. The zero-order valence-electron chi connectivity index (χ0n) is 13.1. The molecule has 23 heavy (non-hydrogen) atoms. The largest absolute Gasteiger partial charge is 0.270 e. The molecule has 0 aliphatic carbocycles. The van der Waals surface area contributed by atoms with Crippen LogP contribution in [0.4, 0.5) is 5.69 Å². The lowest BCUT2D eigenvalue weighted by Crippen LogP contribution is -2.27. The van der Waals surface area contributed by atoms with Gasteiger partial charge in [0.2, 0.25) is 0 Å². The molecular weight excluding hydrogens is 322 g/mol. The molecule has 0 unspecified atom stereocenters. The number of benzene rings is 2. The van der Waals surface area contributed by atoms with E-state index in [1.807, 2.05) is 61.5 Å². The van der Waals surface area contributed by atoms with Crippen molar-refractivity contribution in [3.8, 4) is 0 Å². The van der Waals surface area contributed by atoms with Gasteiger partial charge in [-0.15, -0.1) is 0 Å². The first kappa shape index (κ1) is 16.0. The Morgan fingerprint density at radius 2 is 1.83 bits per heavy atom. The molecule has 2 nitrogen and oxygen atoms in total. The van der Waals surface area contributed by atoms with E-state index < -0.39 is 0 Å². The molecule has 1 amide bonds. The van der Waals surface area contributed by atoms with Crippen LogP contribution in [-0.4, -0.2) is 10.2 Å². The van der Waals surface area contributed by atoms with E-state index in [-0.39, 0.29) is 5.91 Å². The van der Waals surface area contributed by atoms with E-state index in [4.69, 9.17) is 12.2 Å². The highest BCUT2D eigenvalue weighted by Gasteiger charge is 2.33. The van der Waals surface area contributed by atoms with Crippen LogP contribution in [0, 0.1) is 6.92 Å². The molecule has 0 atom stereocenters. The van der Waals surface area contributed by atoms with Crippen LogP contribution in [-0.2, 0) is 11.2 Å². The first-order chi connectivity index (χ1) is 11.1. The monoisotopic (exact) mass is 339 g/mol. The average molecular weight is 339 g/mol. The summed E-state index contributed by atoms with van der Waals surface area (Å²) in [5, 5.41) is 0. The Kier molecular flexibility index (Phi) is 4.64. The van der Waals surface area contributed by atoms with Crippen LogP contribution >= 0.6 is 24.0 Å². The third kappa shape index (κ3) is 3.23. The maximum atomic E-state index is 12.7. The van der Waals surface area contributed by atoms with Crippen LogP contribution in [0.15, 0.2) is 53.4 Å². The second kappa shape index (κ2) is 6.69. The molecule has 1 saturated heterocycles. The third-order valence-corrected chi connectivity index (χ3v) is 5.17. The van der Waals surface area contributed by atoms with Crippen molar-refractivity contribution in [3.63, 3.8) is 0 Å². The second-order valence-corrected chi connectivity index (χ2v) is 7.07. The Hall–Kier alpha value is -1.91. The zero-order valence-corrected chi connectivity index (χ0v) is 14.7. The number of nitrogens with zero attached hydrogens (tertiary/aromatic N) is 1. The molecule has 1 heterocycles. The van der Waals surface area contributed by atoms with Gasteiger partial charge in [-0.1, -0.05) is 67.3 Å². The fourth-order valence-electron chi connectivity index (χ4n) is 2.46. The quantitative estimate of drug-likeness (QED) is 0.582. The van der Waals surface area contributed by atoms with Gasteiger partial charge in [-0.2, -0.15) is 0 Å². The SMILES string of the molecule is CCc1ccc(N2C(=O)/C(=C/c3ccccc3C)SC2=S)cc1. The number of rotatable bonds is 3. The molecule has 0 spiro atoms. The molecule has 116 valence electrons. The number of hydrogen-bond acceptors (Lipinski definition) is 3. The van der Waals surface area contributed by atoms with Gasteiger partial charge in [-0.05, 0) is 48.2 Å². The minimum absolute atomic E-state index is 0.0486. The Bertz CT molecular complexity index is 793. The molecule has 3 rings (SSSR count). The van der Waals surface area contributed by atoms with Crippen molar-refractivity contribution in [2.24, 2.45) is 0 Å². The fraction of sp³-hybridized carbons (Fsp3) is 0.158. The molecule has 1 fully saturated rings. The number of carbonyl (C=O) groups is 1. The minimum atomic E-state index is -0.0486. The Morgan fingerprint density at radius 3 is 2.48 bits per heavy atom. The zero-order chi connectivity index (χ0) is 16.4. The number of carbonyl (C=O) groups excluding carboxylic acids is 1. The highest BCUT2D eigenvalue weighted by molar-refractivity contribution is 8.27. The third-order valence-electron chi connectivity index (χ3n) is 3.87. The molecule has 2 aromatic carbocycles. The number of thiocarbonyl (C=S) groups is 1. The van der Waals surface area contributed by atoms with Gasteiger partial charge in [0.1, 0.15) is 0 Å². The molecule has 0 aromatic heterocycles. The van der Waals surface area contributed by atoms with Gasteiger partial charge in [0, 0.05) is 0 Å². The van der Waals surface area contributed by atoms with Crippen LogP contribution in [0.25, 0.3) is 6.08 Å². The maximum Gasteiger partial charge on any atom is 0.270 e. The summed E-state index contributed by atoms with van der Waals surface area (Å²) in [6.07, 6.45) is 2.90. The van der Waals surface area contributed by atoms with Crippen LogP contribution < -0.4 is 4.90 Å². The Labute approximate surface area is 146 Å². The average Bonchev–Trinajstić information content (AvgIpc) is 2.84. The topological polar surface area (TPSA) is 20.3 Å². The van der Waals surface area contributed by atoms with Crippen molar-refractivity contribution in [2.45, 2.75) is 20.3 Å². The maximum absolute atomic E-state index is 12.7. The van der Waals surface area contributed by atoms with E-state index in [9.17, 15) is 4.79 Å². The highest BCUT2D eigenvalue weighted by atomic mass is 32.2. The predicted octanol–water partition coefficient (Wildman–Crippen LogP) is 4.96. The first-order valence-electron chi connectivity index (χ1n) is 7.52. The van der Waals surface area contributed by atoms with Gasteiger partial charge in [0.05, 0.1) is 10.6 Å². The number of thioether (sulfide) groups is 1. The van der Waals surface area contributed by atoms with Crippen molar-refractivity contribution in [1.82, 2.24) is 0 Å². The fourth-order valence-corrected chi connectivity index (χ4v) is 3.75. The van der Waals surface area contributed by atoms with Crippen LogP contribution in [0.5, 0.6) is 0 Å². The lowest BCUT2D eigenvalue weighted by molar-refractivity contribution is -0.113. The Balaban J connectivity index is 1.92. The lowest BCUT2D eigenvalue weighted by Gasteiger charge is -2.14. The van der Waals surface area contributed by atoms with E-state index in [1.165, 1.54) is 17.3 Å². The number of anilines is 1. The second-order valence-electron chi connectivity index (χ2n) is 5.39. The first-order valence-corrected chi connectivity index (χ1v) is 8.75. The number of hydrogen-bond donors (Lipinski definition) is 0. The van der Waals surface area contributed by atoms with Gasteiger partial charge >= 0.3 is 0 Å². The van der Waals surface area contributed by atoms with Crippen molar-refractivity contribution < 1.29 is 4.79 Å². The minimum Gasteiger partial charge on any atom is -0.268 e. The van der Waals surface area contributed by atoms with E-state index >= 15 is 0 Å².